The quantitative estimate of drug-likeness (QED) is 0.904. The van der Waals surface area contributed by atoms with Crippen molar-refractivity contribution in [2.75, 3.05) is 11.9 Å². The summed E-state index contributed by atoms with van der Waals surface area (Å²) in [4.78, 5) is 0. The maximum absolute atomic E-state index is 5.55. The highest BCUT2D eigenvalue weighted by Crippen LogP contribution is 2.25. The summed E-state index contributed by atoms with van der Waals surface area (Å²) < 4.78 is 6.68. The van der Waals surface area contributed by atoms with Gasteiger partial charge in [-0.25, -0.2) is 0 Å². The lowest BCUT2D eigenvalue weighted by atomic mass is 10.1. The van der Waals surface area contributed by atoms with E-state index in [-0.39, 0.29) is 0 Å². The summed E-state index contributed by atoms with van der Waals surface area (Å²) in [5.41, 5.74) is 3.76. The fourth-order valence-corrected chi connectivity index (χ4v) is 2.83. The second kappa shape index (κ2) is 5.58. The molecule has 1 heterocycles. The van der Waals surface area contributed by atoms with Gasteiger partial charge in [0.15, 0.2) is 0 Å². The first-order valence-electron chi connectivity index (χ1n) is 5.98. The monoisotopic (exact) mass is 295 g/mol. The molecule has 1 N–H and O–H groups in total. The number of anilines is 1. The Bertz CT molecular complexity index is 405. The Morgan fingerprint density at radius 1 is 1.35 bits per heavy atom. The van der Waals surface area contributed by atoms with Gasteiger partial charge in [0.1, 0.15) is 6.10 Å². The predicted molar refractivity (Wildman–Crippen MR) is 75.4 cm³/mol. The van der Waals surface area contributed by atoms with Crippen molar-refractivity contribution in [3.63, 3.8) is 0 Å². The smallest absolute Gasteiger partial charge is 0.115 e. The Kier molecular flexibility index (Phi) is 4.11. The van der Waals surface area contributed by atoms with Crippen LogP contribution in [-0.2, 0) is 4.74 Å². The number of ether oxygens (including phenoxy) is 1. The molecule has 0 aromatic heterocycles. The summed E-state index contributed by atoms with van der Waals surface area (Å²) in [6.07, 6.45) is 6.40. The Morgan fingerprint density at radius 3 is 2.65 bits per heavy atom. The van der Waals surface area contributed by atoms with Crippen LogP contribution in [0.5, 0.6) is 0 Å². The van der Waals surface area contributed by atoms with Gasteiger partial charge in [0.25, 0.3) is 0 Å². The average molecular weight is 296 g/mol. The van der Waals surface area contributed by atoms with Crippen LogP contribution in [0.3, 0.4) is 0 Å². The molecule has 0 aliphatic carbocycles. The van der Waals surface area contributed by atoms with E-state index in [0.717, 1.165) is 23.9 Å². The molecule has 1 atom stereocenters. The highest BCUT2D eigenvalue weighted by molar-refractivity contribution is 9.10. The van der Waals surface area contributed by atoms with Crippen LogP contribution in [0.1, 0.15) is 24.0 Å². The zero-order chi connectivity index (χ0) is 12.3. The summed E-state index contributed by atoms with van der Waals surface area (Å²) >= 11 is 3.51. The number of hydrogen-bond acceptors (Lipinski definition) is 2. The lowest BCUT2D eigenvalue weighted by Crippen LogP contribution is -2.23. The fourth-order valence-electron chi connectivity index (χ4n) is 2.14. The molecule has 1 aromatic carbocycles. The maximum Gasteiger partial charge on any atom is 0.115 e. The molecular weight excluding hydrogens is 278 g/mol. The van der Waals surface area contributed by atoms with E-state index in [1.807, 2.05) is 6.26 Å². The van der Waals surface area contributed by atoms with Gasteiger partial charge in [-0.2, -0.15) is 0 Å². The van der Waals surface area contributed by atoms with Gasteiger partial charge < -0.3 is 10.1 Å². The molecule has 0 amide bonds. The average Bonchev–Trinajstić information content (AvgIpc) is 2.29. The Labute approximate surface area is 111 Å². The minimum Gasteiger partial charge on any atom is -0.497 e. The van der Waals surface area contributed by atoms with Gasteiger partial charge in [0, 0.05) is 10.2 Å². The summed E-state index contributed by atoms with van der Waals surface area (Å²) in [5.74, 6) is 0. The third-order valence-electron chi connectivity index (χ3n) is 3.03. The van der Waals surface area contributed by atoms with Crippen LogP contribution < -0.4 is 5.32 Å². The van der Waals surface area contributed by atoms with Gasteiger partial charge >= 0.3 is 0 Å². The van der Waals surface area contributed by atoms with Crippen LogP contribution in [-0.4, -0.2) is 12.6 Å². The van der Waals surface area contributed by atoms with E-state index in [9.17, 15) is 0 Å². The molecule has 0 bridgehead atoms. The van der Waals surface area contributed by atoms with Gasteiger partial charge in [-0.15, -0.1) is 0 Å². The lowest BCUT2D eigenvalue weighted by molar-refractivity contribution is 0.135. The van der Waals surface area contributed by atoms with E-state index in [4.69, 9.17) is 4.74 Å². The molecule has 2 nitrogen and oxygen atoms in total. The predicted octanol–water partition coefficient (Wildman–Crippen LogP) is 4.17. The molecule has 1 aliphatic rings. The van der Waals surface area contributed by atoms with Crippen LogP contribution in [0.4, 0.5) is 5.69 Å². The lowest BCUT2D eigenvalue weighted by Gasteiger charge is -2.22. The number of nitrogens with one attached hydrogen (secondary N) is 1. The summed E-state index contributed by atoms with van der Waals surface area (Å²) in [6, 6.07) is 4.27. The number of aryl methyl sites for hydroxylation is 2. The van der Waals surface area contributed by atoms with Crippen LogP contribution in [0.15, 0.2) is 28.9 Å². The molecule has 0 fully saturated rings. The molecule has 0 spiro atoms. The number of halogens is 1. The molecule has 0 radical (unpaired) electrons. The van der Waals surface area contributed by atoms with E-state index < -0.39 is 0 Å². The number of allylic oxidation sites excluding steroid dienone is 1. The molecule has 3 heteroatoms. The maximum atomic E-state index is 5.55. The van der Waals surface area contributed by atoms with Crippen molar-refractivity contribution in [2.24, 2.45) is 0 Å². The highest BCUT2D eigenvalue weighted by Gasteiger charge is 2.12. The minimum absolute atomic E-state index is 0.294. The van der Waals surface area contributed by atoms with Crippen molar-refractivity contribution < 1.29 is 4.74 Å². The molecule has 2 rings (SSSR count). The second-order valence-electron chi connectivity index (χ2n) is 4.50. The molecule has 0 saturated carbocycles. The van der Waals surface area contributed by atoms with Crippen LogP contribution in [0.2, 0.25) is 0 Å². The summed E-state index contributed by atoms with van der Waals surface area (Å²) in [6.45, 7) is 5.12. The first kappa shape index (κ1) is 12.5. The Morgan fingerprint density at radius 2 is 2.06 bits per heavy atom. The van der Waals surface area contributed by atoms with Crippen molar-refractivity contribution in [1.82, 2.24) is 0 Å². The van der Waals surface area contributed by atoms with Gasteiger partial charge in [-0.05, 0) is 56.0 Å². The summed E-state index contributed by atoms with van der Waals surface area (Å²) in [5, 5.41) is 3.50. The second-order valence-corrected chi connectivity index (χ2v) is 5.42. The third-order valence-corrected chi connectivity index (χ3v) is 3.48. The van der Waals surface area contributed by atoms with E-state index in [0.29, 0.717) is 6.10 Å². The van der Waals surface area contributed by atoms with Gasteiger partial charge in [-0.1, -0.05) is 15.9 Å². The van der Waals surface area contributed by atoms with E-state index >= 15 is 0 Å². The molecule has 17 heavy (non-hydrogen) atoms. The normalized spacial score (nSPS) is 18.9. The van der Waals surface area contributed by atoms with Crippen LogP contribution in [0, 0.1) is 13.8 Å². The van der Waals surface area contributed by atoms with Crippen molar-refractivity contribution >= 4 is 21.6 Å². The Balaban J connectivity index is 2.01. The van der Waals surface area contributed by atoms with Gasteiger partial charge in [0.05, 0.1) is 12.8 Å². The number of hydrogen-bond donors (Lipinski definition) is 1. The SMILES string of the molecule is Cc1cc(Br)cc(C)c1NCC1CCC=CO1. The fraction of sp³-hybridized carbons (Fsp3) is 0.429. The number of benzene rings is 1. The van der Waals surface area contributed by atoms with E-state index in [1.165, 1.54) is 16.8 Å². The molecule has 1 unspecified atom stereocenters. The zero-order valence-corrected chi connectivity index (χ0v) is 11.9. The zero-order valence-electron chi connectivity index (χ0n) is 10.3. The molecule has 92 valence electrons. The third kappa shape index (κ3) is 3.25. The number of rotatable bonds is 3. The standard InChI is InChI=1S/C14H18BrNO/c1-10-7-12(15)8-11(2)14(10)16-9-13-5-3-4-6-17-13/h4,6-8,13,16H,3,5,9H2,1-2H3. The molecule has 0 saturated heterocycles. The van der Waals surface area contributed by atoms with Crippen molar-refractivity contribution in [3.05, 3.63) is 40.1 Å². The van der Waals surface area contributed by atoms with Crippen molar-refractivity contribution in [2.45, 2.75) is 32.8 Å². The first-order chi connectivity index (χ1) is 8.16. The topological polar surface area (TPSA) is 21.3 Å². The highest BCUT2D eigenvalue weighted by atomic mass is 79.9. The molecule has 1 aliphatic heterocycles. The largest absolute Gasteiger partial charge is 0.497 e. The molecule has 1 aromatic rings. The summed E-state index contributed by atoms with van der Waals surface area (Å²) in [7, 11) is 0. The minimum atomic E-state index is 0.294. The first-order valence-corrected chi connectivity index (χ1v) is 6.77. The van der Waals surface area contributed by atoms with Gasteiger partial charge in [-0.3, -0.25) is 0 Å². The van der Waals surface area contributed by atoms with Gasteiger partial charge in [0.2, 0.25) is 0 Å². The van der Waals surface area contributed by atoms with E-state index in [1.54, 1.807) is 0 Å². The van der Waals surface area contributed by atoms with Crippen LogP contribution >= 0.6 is 15.9 Å². The molecular formula is C14H18BrNO. The van der Waals surface area contributed by atoms with Crippen LogP contribution in [0.25, 0.3) is 0 Å². The Hall–Kier alpha value is -0.960. The van der Waals surface area contributed by atoms with E-state index in [2.05, 4.69) is 53.3 Å². The van der Waals surface area contributed by atoms with Crippen molar-refractivity contribution in [3.8, 4) is 0 Å². The van der Waals surface area contributed by atoms with Crippen molar-refractivity contribution in [1.29, 1.82) is 0 Å².